The van der Waals surface area contributed by atoms with Crippen LogP contribution in [0, 0.1) is 0 Å². The monoisotopic (exact) mass is 395 g/mol. The van der Waals surface area contributed by atoms with Crippen LogP contribution in [0.3, 0.4) is 0 Å². The van der Waals surface area contributed by atoms with Crippen molar-refractivity contribution in [3.05, 3.63) is 70.1 Å². The average molecular weight is 395 g/mol. The molecule has 0 saturated carbocycles. The van der Waals surface area contributed by atoms with Crippen LogP contribution >= 0.6 is 0 Å². The normalized spacial score (nSPS) is 10.6. The van der Waals surface area contributed by atoms with Crippen molar-refractivity contribution in [1.82, 2.24) is 15.1 Å². The Kier molecular flexibility index (Phi) is 6.23. The second-order valence-corrected chi connectivity index (χ2v) is 6.35. The van der Waals surface area contributed by atoms with Gasteiger partial charge in [0.1, 0.15) is 5.75 Å². The zero-order valence-corrected chi connectivity index (χ0v) is 16.2. The van der Waals surface area contributed by atoms with Crippen molar-refractivity contribution in [1.29, 1.82) is 0 Å². The molecule has 0 spiro atoms. The molecule has 0 unspecified atom stereocenters. The highest BCUT2D eigenvalue weighted by Crippen LogP contribution is 2.14. The number of methoxy groups -OCH3 is 1. The molecule has 0 aliphatic heterocycles. The number of ether oxygens (including phenoxy) is 2. The third kappa shape index (κ3) is 4.78. The van der Waals surface area contributed by atoms with Crippen LogP contribution in [0.5, 0.6) is 5.75 Å². The van der Waals surface area contributed by atoms with Crippen molar-refractivity contribution in [2.75, 3.05) is 20.3 Å². The maximum Gasteiger partial charge on any atom is 0.359 e. The summed E-state index contributed by atoms with van der Waals surface area (Å²) in [5.41, 5.74) is 0.728. The molecule has 0 atom stereocenters. The molecule has 0 aliphatic carbocycles. The minimum atomic E-state index is -0.762. The van der Waals surface area contributed by atoms with E-state index in [1.807, 2.05) is 24.3 Å². The number of carbonyl (C=O) groups excluding carboxylic acids is 2. The number of nitrogens with one attached hydrogen (secondary N) is 1. The number of nitrogens with zero attached hydrogens (tertiary/aromatic N) is 2. The van der Waals surface area contributed by atoms with Crippen LogP contribution in [0.25, 0.3) is 10.8 Å². The summed E-state index contributed by atoms with van der Waals surface area (Å²) in [7, 11) is 3.06. The van der Waals surface area contributed by atoms with Crippen LogP contribution in [0.1, 0.15) is 16.1 Å². The number of hydrogen-bond acceptors (Lipinski definition) is 6. The SMILES string of the molecule is COc1ccc(CCNC(=O)COC(=O)c2nn(C)c(=O)c3ccccc23)cc1. The molecular formula is C21H21N3O5. The van der Waals surface area contributed by atoms with Crippen molar-refractivity contribution in [3.8, 4) is 5.75 Å². The van der Waals surface area contributed by atoms with Gasteiger partial charge in [0, 0.05) is 19.0 Å². The fraction of sp³-hybridized carbons (Fsp3) is 0.238. The number of esters is 1. The number of aryl methyl sites for hydroxylation is 1. The lowest BCUT2D eigenvalue weighted by Crippen LogP contribution is -2.31. The Hall–Kier alpha value is -3.68. The lowest BCUT2D eigenvalue weighted by molar-refractivity contribution is -0.124. The summed E-state index contributed by atoms with van der Waals surface area (Å²) in [5.74, 6) is -0.410. The predicted octanol–water partition coefficient (Wildman–Crippen LogP) is 1.46. The molecule has 29 heavy (non-hydrogen) atoms. The van der Waals surface area contributed by atoms with Crippen LogP contribution in [-0.4, -0.2) is 41.9 Å². The van der Waals surface area contributed by atoms with E-state index in [9.17, 15) is 14.4 Å². The molecule has 1 aromatic heterocycles. The molecule has 1 heterocycles. The average Bonchev–Trinajstić information content (AvgIpc) is 2.75. The van der Waals surface area contributed by atoms with E-state index in [0.717, 1.165) is 16.0 Å². The fourth-order valence-corrected chi connectivity index (χ4v) is 2.84. The summed E-state index contributed by atoms with van der Waals surface area (Å²) in [6.07, 6.45) is 0.636. The van der Waals surface area contributed by atoms with Crippen LogP contribution < -0.4 is 15.6 Å². The van der Waals surface area contributed by atoms with Gasteiger partial charge in [-0.2, -0.15) is 5.10 Å². The molecule has 1 amide bonds. The van der Waals surface area contributed by atoms with E-state index in [-0.39, 0.29) is 11.3 Å². The Morgan fingerprint density at radius 3 is 2.45 bits per heavy atom. The smallest absolute Gasteiger partial charge is 0.359 e. The quantitative estimate of drug-likeness (QED) is 0.608. The first-order chi connectivity index (χ1) is 14.0. The molecule has 0 saturated heterocycles. The molecule has 1 N–H and O–H groups in total. The van der Waals surface area contributed by atoms with E-state index in [4.69, 9.17) is 9.47 Å². The Labute approximate surface area is 167 Å². The Morgan fingerprint density at radius 2 is 1.76 bits per heavy atom. The maximum atomic E-state index is 12.4. The first-order valence-electron chi connectivity index (χ1n) is 9.02. The highest BCUT2D eigenvalue weighted by molar-refractivity contribution is 6.02. The molecular weight excluding hydrogens is 374 g/mol. The van der Waals surface area contributed by atoms with Crippen LogP contribution in [0.15, 0.2) is 53.3 Å². The lowest BCUT2D eigenvalue weighted by Gasteiger charge is -2.09. The number of aromatic nitrogens is 2. The number of benzene rings is 2. The summed E-state index contributed by atoms with van der Waals surface area (Å²) < 4.78 is 11.3. The van der Waals surface area contributed by atoms with Gasteiger partial charge in [0.05, 0.1) is 12.5 Å². The molecule has 0 aliphatic rings. The van der Waals surface area contributed by atoms with E-state index in [1.165, 1.54) is 7.05 Å². The zero-order valence-electron chi connectivity index (χ0n) is 16.2. The number of carbonyl (C=O) groups is 2. The van der Waals surface area contributed by atoms with E-state index in [0.29, 0.717) is 23.7 Å². The number of fused-ring (bicyclic) bond motifs is 1. The van der Waals surface area contributed by atoms with Crippen molar-refractivity contribution in [3.63, 3.8) is 0 Å². The molecule has 3 aromatic rings. The largest absolute Gasteiger partial charge is 0.497 e. The topological polar surface area (TPSA) is 99.5 Å². The van der Waals surface area contributed by atoms with Gasteiger partial charge in [0.2, 0.25) is 0 Å². The fourth-order valence-electron chi connectivity index (χ4n) is 2.84. The summed E-state index contributed by atoms with van der Waals surface area (Å²) in [4.78, 5) is 36.5. The van der Waals surface area contributed by atoms with Crippen LogP contribution in [0.4, 0.5) is 0 Å². The minimum Gasteiger partial charge on any atom is -0.497 e. The molecule has 8 heteroatoms. The molecule has 0 fully saturated rings. The second-order valence-electron chi connectivity index (χ2n) is 6.35. The van der Waals surface area contributed by atoms with E-state index >= 15 is 0 Å². The molecule has 3 rings (SSSR count). The van der Waals surface area contributed by atoms with Gasteiger partial charge in [-0.3, -0.25) is 9.59 Å². The molecule has 0 radical (unpaired) electrons. The van der Waals surface area contributed by atoms with Gasteiger partial charge in [-0.05, 0) is 30.2 Å². The maximum absolute atomic E-state index is 12.4. The van der Waals surface area contributed by atoms with Crippen molar-refractivity contribution < 1.29 is 19.1 Å². The predicted molar refractivity (Wildman–Crippen MR) is 107 cm³/mol. The summed E-state index contributed by atoms with van der Waals surface area (Å²) >= 11 is 0. The molecule has 150 valence electrons. The second kappa shape index (κ2) is 9.01. The first-order valence-corrected chi connectivity index (χ1v) is 9.02. The zero-order chi connectivity index (χ0) is 20.8. The van der Waals surface area contributed by atoms with Gasteiger partial charge in [-0.25, -0.2) is 9.48 Å². The van der Waals surface area contributed by atoms with E-state index < -0.39 is 18.5 Å². The van der Waals surface area contributed by atoms with Gasteiger partial charge < -0.3 is 14.8 Å². The van der Waals surface area contributed by atoms with Gasteiger partial charge in [-0.1, -0.05) is 30.3 Å². The molecule has 0 bridgehead atoms. The van der Waals surface area contributed by atoms with Crippen molar-refractivity contribution in [2.45, 2.75) is 6.42 Å². The highest BCUT2D eigenvalue weighted by atomic mass is 16.5. The van der Waals surface area contributed by atoms with Crippen molar-refractivity contribution >= 4 is 22.6 Å². The first kappa shape index (κ1) is 20.1. The summed E-state index contributed by atoms with van der Waals surface area (Å²) in [5, 5.41) is 7.43. The van der Waals surface area contributed by atoms with Gasteiger partial charge in [0.25, 0.3) is 11.5 Å². The number of rotatable bonds is 7. The van der Waals surface area contributed by atoms with Crippen LogP contribution in [0.2, 0.25) is 0 Å². The Morgan fingerprint density at radius 1 is 1.07 bits per heavy atom. The van der Waals surface area contributed by atoms with Gasteiger partial charge >= 0.3 is 5.97 Å². The van der Waals surface area contributed by atoms with E-state index in [2.05, 4.69) is 10.4 Å². The molecule has 2 aromatic carbocycles. The van der Waals surface area contributed by atoms with Gasteiger partial charge in [-0.15, -0.1) is 0 Å². The Balaban J connectivity index is 1.55. The third-order valence-corrected chi connectivity index (χ3v) is 4.38. The van der Waals surface area contributed by atoms with E-state index in [1.54, 1.807) is 31.4 Å². The minimum absolute atomic E-state index is 0.00580. The van der Waals surface area contributed by atoms with Gasteiger partial charge in [0.15, 0.2) is 12.3 Å². The van der Waals surface area contributed by atoms with Crippen LogP contribution in [-0.2, 0) is 23.0 Å². The number of amides is 1. The lowest BCUT2D eigenvalue weighted by atomic mass is 10.1. The van der Waals surface area contributed by atoms with Crippen molar-refractivity contribution in [2.24, 2.45) is 7.05 Å². The summed E-state index contributed by atoms with van der Waals surface area (Å²) in [6.45, 7) is -0.0238. The number of hydrogen-bond donors (Lipinski definition) is 1. The highest BCUT2D eigenvalue weighted by Gasteiger charge is 2.18. The summed E-state index contributed by atoms with van der Waals surface area (Å²) in [6, 6.07) is 14.2. The third-order valence-electron chi connectivity index (χ3n) is 4.38. The Bertz CT molecular complexity index is 1090. The standard InChI is InChI=1S/C21H21N3O5/c1-24-20(26)17-6-4-3-5-16(17)19(23-24)21(27)29-13-18(25)22-12-11-14-7-9-15(28-2)10-8-14/h3-10H,11-13H2,1-2H3,(H,22,25). The molecule has 8 nitrogen and oxygen atoms in total.